The average Bonchev–Trinajstić information content (AvgIpc) is 2.42. The van der Waals surface area contributed by atoms with E-state index in [1.807, 2.05) is 6.92 Å². The standard InChI is InChI=1S/C14H18F4N2O/c1-2-12(20-7-5-19-6-8-20)10-3-4-13(11(15)9-10)21-14(16,17)18/h3-4,9,12,19H,2,5-8H2,1H3/t12-/m1/s1. The van der Waals surface area contributed by atoms with Crippen LogP contribution in [0.4, 0.5) is 17.6 Å². The quantitative estimate of drug-likeness (QED) is 0.865. The van der Waals surface area contributed by atoms with Gasteiger partial charge in [-0.25, -0.2) is 4.39 Å². The lowest BCUT2D eigenvalue weighted by atomic mass is 10.0. The minimum absolute atomic E-state index is 0.00142. The lowest BCUT2D eigenvalue weighted by Crippen LogP contribution is -2.45. The van der Waals surface area contributed by atoms with Crippen LogP contribution in [-0.2, 0) is 0 Å². The summed E-state index contributed by atoms with van der Waals surface area (Å²) in [7, 11) is 0. The van der Waals surface area contributed by atoms with E-state index in [1.165, 1.54) is 6.07 Å². The maximum absolute atomic E-state index is 13.8. The maximum Gasteiger partial charge on any atom is 0.573 e. The second-order valence-electron chi connectivity index (χ2n) is 4.95. The summed E-state index contributed by atoms with van der Waals surface area (Å²) in [6.07, 6.45) is -4.12. The monoisotopic (exact) mass is 306 g/mol. The minimum atomic E-state index is -4.88. The molecular weight excluding hydrogens is 288 g/mol. The van der Waals surface area contributed by atoms with Gasteiger partial charge in [0, 0.05) is 32.2 Å². The zero-order valence-corrected chi connectivity index (χ0v) is 11.7. The smallest absolute Gasteiger partial charge is 0.403 e. The van der Waals surface area contributed by atoms with Crippen molar-refractivity contribution in [1.82, 2.24) is 10.2 Å². The molecule has 1 aromatic rings. The van der Waals surface area contributed by atoms with E-state index in [1.54, 1.807) is 0 Å². The van der Waals surface area contributed by atoms with Gasteiger partial charge in [-0.15, -0.1) is 13.2 Å². The molecule has 0 radical (unpaired) electrons. The van der Waals surface area contributed by atoms with Gasteiger partial charge in [0.25, 0.3) is 0 Å². The zero-order valence-electron chi connectivity index (χ0n) is 11.7. The molecular formula is C14H18F4N2O. The molecule has 0 spiro atoms. The number of rotatable bonds is 4. The summed E-state index contributed by atoms with van der Waals surface area (Å²) in [5.41, 5.74) is 0.673. The van der Waals surface area contributed by atoms with Crippen LogP contribution in [0.5, 0.6) is 5.75 Å². The van der Waals surface area contributed by atoms with E-state index in [9.17, 15) is 17.6 Å². The van der Waals surface area contributed by atoms with E-state index in [0.717, 1.165) is 44.7 Å². The van der Waals surface area contributed by atoms with Gasteiger partial charge < -0.3 is 10.1 Å². The number of benzene rings is 1. The van der Waals surface area contributed by atoms with Crippen LogP contribution < -0.4 is 10.1 Å². The van der Waals surface area contributed by atoms with Crippen molar-refractivity contribution in [2.45, 2.75) is 25.7 Å². The number of hydrogen-bond donors (Lipinski definition) is 1. The summed E-state index contributed by atoms with van der Waals surface area (Å²) >= 11 is 0. The molecule has 3 nitrogen and oxygen atoms in total. The fraction of sp³-hybridized carbons (Fsp3) is 0.571. The van der Waals surface area contributed by atoms with Crippen molar-refractivity contribution < 1.29 is 22.3 Å². The largest absolute Gasteiger partial charge is 0.573 e. The third-order valence-corrected chi connectivity index (χ3v) is 3.55. The van der Waals surface area contributed by atoms with Crippen LogP contribution in [-0.4, -0.2) is 37.4 Å². The molecule has 118 valence electrons. The van der Waals surface area contributed by atoms with Crippen molar-refractivity contribution in [3.63, 3.8) is 0 Å². The van der Waals surface area contributed by atoms with Gasteiger partial charge in [0.2, 0.25) is 0 Å². The van der Waals surface area contributed by atoms with Crippen LogP contribution in [0.15, 0.2) is 18.2 Å². The van der Waals surface area contributed by atoms with Crippen molar-refractivity contribution in [3.8, 4) is 5.75 Å². The average molecular weight is 306 g/mol. The Morgan fingerprint density at radius 3 is 2.48 bits per heavy atom. The SMILES string of the molecule is CC[C@H](c1ccc(OC(F)(F)F)c(F)c1)N1CCNCC1. The zero-order chi connectivity index (χ0) is 15.5. The van der Waals surface area contributed by atoms with Gasteiger partial charge in [0.1, 0.15) is 0 Å². The highest BCUT2D eigenvalue weighted by Crippen LogP contribution is 2.30. The van der Waals surface area contributed by atoms with Gasteiger partial charge in [-0.1, -0.05) is 13.0 Å². The van der Waals surface area contributed by atoms with Crippen LogP contribution in [0, 0.1) is 5.82 Å². The molecule has 1 aliphatic rings. The summed E-state index contributed by atoms with van der Waals surface area (Å²) in [4.78, 5) is 2.20. The summed E-state index contributed by atoms with van der Waals surface area (Å²) in [5.74, 6) is -1.78. The van der Waals surface area contributed by atoms with Gasteiger partial charge in [-0.05, 0) is 24.1 Å². The van der Waals surface area contributed by atoms with Crippen LogP contribution in [0.25, 0.3) is 0 Å². The Balaban J connectivity index is 2.17. The molecule has 0 unspecified atom stereocenters. The van der Waals surface area contributed by atoms with E-state index in [4.69, 9.17) is 0 Å². The van der Waals surface area contributed by atoms with E-state index >= 15 is 0 Å². The van der Waals surface area contributed by atoms with E-state index in [-0.39, 0.29) is 6.04 Å². The normalized spacial score (nSPS) is 18.5. The number of nitrogens with zero attached hydrogens (tertiary/aromatic N) is 1. The summed E-state index contributed by atoms with van der Waals surface area (Å²) in [5, 5.41) is 3.23. The summed E-state index contributed by atoms with van der Waals surface area (Å²) in [6, 6.07) is 3.68. The molecule has 0 saturated carbocycles. The third-order valence-electron chi connectivity index (χ3n) is 3.55. The molecule has 1 atom stereocenters. The number of hydrogen-bond acceptors (Lipinski definition) is 3. The number of piperazine rings is 1. The maximum atomic E-state index is 13.8. The summed E-state index contributed by atoms with van der Waals surface area (Å²) in [6.45, 7) is 5.36. The Morgan fingerprint density at radius 1 is 1.29 bits per heavy atom. The van der Waals surface area contributed by atoms with Gasteiger partial charge in [0.15, 0.2) is 11.6 Å². The highest BCUT2D eigenvalue weighted by molar-refractivity contribution is 5.31. The van der Waals surface area contributed by atoms with Crippen molar-refractivity contribution in [2.75, 3.05) is 26.2 Å². The van der Waals surface area contributed by atoms with Crippen LogP contribution in [0.3, 0.4) is 0 Å². The number of alkyl halides is 3. The lowest BCUT2D eigenvalue weighted by Gasteiger charge is -2.34. The minimum Gasteiger partial charge on any atom is -0.403 e. The number of halogens is 4. The Labute approximate surface area is 120 Å². The van der Waals surface area contributed by atoms with Crippen molar-refractivity contribution in [2.24, 2.45) is 0 Å². The molecule has 1 N–H and O–H groups in total. The van der Waals surface area contributed by atoms with Gasteiger partial charge in [-0.3, -0.25) is 4.90 Å². The molecule has 0 amide bonds. The molecule has 1 aliphatic heterocycles. The topological polar surface area (TPSA) is 24.5 Å². The Hall–Kier alpha value is -1.34. The first-order chi connectivity index (χ1) is 9.90. The molecule has 1 fully saturated rings. The molecule has 2 rings (SSSR count). The molecule has 0 bridgehead atoms. The number of nitrogens with one attached hydrogen (secondary N) is 1. The van der Waals surface area contributed by atoms with E-state index in [2.05, 4.69) is 15.0 Å². The Morgan fingerprint density at radius 2 is 1.95 bits per heavy atom. The fourth-order valence-electron chi connectivity index (χ4n) is 2.63. The van der Waals surface area contributed by atoms with E-state index < -0.39 is 17.9 Å². The van der Waals surface area contributed by atoms with Gasteiger partial charge >= 0.3 is 6.36 Å². The first-order valence-corrected chi connectivity index (χ1v) is 6.90. The van der Waals surface area contributed by atoms with Crippen molar-refractivity contribution >= 4 is 0 Å². The van der Waals surface area contributed by atoms with Crippen molar-refractivity contribution in [1.29, 1.82) is 0 Å². The second kappa shape index (κ2) is 6.62. The molecule has 7 heteroatoms. The molecule has 0 aliphatic carbocycles. The van der Waals surface area contributed by atoms with E-state index in [0.29, 0.717) is 5.56 Å². The second-order valence-corrected chi connectivity index (χ2v) is 4.95. The molecule has 0 aromatic heterocycles. The van der Waals surface area contributed by atoms with Crippen LogP contribution >= 0.6 is 0 Å². The predicted octanol–water partition coefficient (Wildman–Crippen LogP) is 3.08. The fourth-order valence-corrected chi connectivity index (χ4v) is 2.63. The first kappa shape index (κ1) is 16.0. The predicted molar refractivity (Wildman–Crippen MR) is 70.6 cm³/mol. The van der Waals surface area contributed by atoms with Crippen molar-refractivity contribution in [3.05, 3.63) is 29.6 Å². The molecule has 1 heterocycles. The molecule has 21 heavy (non-hydrogen) atoms. The molecule has 1 aromatic carbocycles. The third kappa shape index (κ3) is 4.31. The highest BCUT2D eigenvalue weighted by Gasteiger charge is 2.32. The first-order valence-electron chi connectivity index (χ1n) is 6.90. The lowest BCUT2D eigenvalue weighted by molar-refractivity contribution is -0.275. The Kier molecular flexibility index (Phi) is 5.05. The highest BCUT2D eigenvalue weighted by atomic mass is 19.4. The van der Waals surface area contributed by atoms with Crippen LogP contribution in [0.2, 0.25) is 0 Å². The molecule has 1 saturated heterocycles. The van der Waals surface area contributed by atoms with Gasteiger partial charge in [-0.2, -0.15) is 0 Å². The number of ether oxygens (including phenoxy) is 1. The van der Waals surface area contributed by atoms with Crippen LogP contribution in [0.1, 0.15) is 24.9 Å². The van der Waals surface area contributed by atoms with Gasteiger partial charge in [0.05, 0.1) is 0 Å². The Bertz CT molecular complexity index is 473. The summed E-state index contributed by atoms with van der Waals surface area (Å²) < 4.78 is 53.8.